The van der Waals surface area contributed by atoms with Gasteiger partial charge in [-0.2, -0.15) is 0 Å². The second kappa shape index (κ2) is 6.32. The number of aliphatic imine (C=N–C) groups is 1. The summed E-state index contributed by atoms with van der Waals surface area (Å²) in [5, 5.41) is 10.7. The Kier molecular flexibility index (Phi) is 3.85. The molecule has 8 heteroatoms. The summed E-state index contributed by atoms with van der Waals surface area (Å²) in [6.07, 6.45) is 2.87. The van der Waals surface area contributed by atoms with Gasteiger partial charge in [-0.05, 0) is 25.1 Å². The molecule has 0 fully saturated rings. The van der Waals surface area contributed by atoms with Crippen molar-refractivity contribution in [1.82, 2.24) is 19.9 Å². The lowest BCUT2D eigenvalue weighted by molar-refractivity contribution is 0.0526. The number of nitrogens with one attached hydrogen (secondary N) is 2. The van der Waals surface area contributed by atoms with Gasteiger partial charge in [-0.3, -0.25) is 0 Å². The van der Waals surface area contributed by atoms with Gasteiger partial charge in [-0.1, -0.05) is 12.1 Å². The number of H-pyrrole nitrogens is 2. The highest BCUT2D eigenvalue weighted by Gasteiger charge is 2.14. The maximum atomic E-state index is 11.9. The van der Waals surface area contributed by atoms with Crippen molar-refractivity contribution in [2.45, 2.75) is 6.92 Å². The van der Waals surface area contributed by atoms with E-state index in [4.69, 9.17) is 4.74 Å². The predicted octanol–water partition coefficient (Wildman–Crippen LogP) is 3.07. The first-order chi connectivity index (χ1) is 12.7. The smallest absolute Gasteiger partial charge is 0.339 e. The lowest BCUT2D eigenvalue weighted by Crippen LogP contribution is -2.04. The van der Waals surface area contributed by atoms with E-state index < -0.39 is 5.97 Å². The summed E-state index contributed by atoms with van der Waals surface area (Å²) in [6, 6.07) is 9.19. The van der Waals surface area contributed by atoms with Crippen molar-refractivity contribution in [3.63, 3.8) is 0 Å². The Bertz CT molecular complexity index is 1110. The summed E-state index contributed by atoms with van der Waals surface area (Å²) in [6.45, 7) is 2.01. The number of hydrogen-bond donors (Lipinski definition) is 3. The van der Waals surface area contributed by atoms with Gasteiger partial charge < -0.3 is 19.8 Å². The molecule has 0 spiro atoms. The van der Waals surface area contributed by atoms with Gasteiger partial charge in [0.25, 0.3) is 0 Å². The number of ether oxygens (including phenoxy) is 1. The quantitative estimate of drug-likeness (QED) is 0.387. The summed E-state index contributed by atoms with van der Waals surface area (Å²) >= 11 is 0. The van der Waals surface area contributed by atoms with E-state index in [9.17, 15) is 9.90 Å². The van der Waals surface area contributed by atoms with Crippen LogP contribution < -0.4 is 0 Å². The highest BCUT2D eigenvalue weighted by atomic mass is 16.5. The number of carbonyl (C=O) groups is 1. The van der Waals surface area contributed by atoms with Gasteiger partial charge in [0.2, 0.25) is 5.95 Å². The number of rotatable bonds is 4. The van der Waals surface area contributed by atoms with Crippen molar-refractivity contribution in [2.24, 2.45) is 4.99 Å². The summed E-state index contributed by atoms with van der Waals surface area (Å²) in [4.78, 5) is 30.5. The summed E-state index contributed by atoms with van der Waals surface area (Å²) < 4.78 is 4.99. The van der Waals surface area contributed by atoms with Crippen LogP contribution in [0.15, 0.2) is 41.5 Å². The highest BCUT2D eigenvalue weighted by molar-refractivity contribution is 6.03. The molecule has 0 aliphatic heterocycles. The van der Waals surface area contributed by atoms with E-state index in [0.717, 1.165) is 11.0 Å². The molecule has 0 atom stereocenters. The molecule has 8 nitrogen and oxygen atoms in total. The molecular weight excluding hydrogens is 334 g/mol. The molecule has 1 aromatic carbocycles. The second-order valence-electron chi connectivity index (χ2n) is 5.56. The lowest BCUT2D eigenvalue weighted by Gasteiger charge is -2.01. The van der Waals surface area contributed by atoms with Crippen LogP contribution in [-0.4, -0.2) is 43.8 Å². The Morgan fingerprint density at radius 1 is 1.35 bits per heavy atom. The number of para-hydroxylation sites is 2. The van der Waals surface area contributed by atoms with E-state index in [1.807, 2.05) is 24.3 Å². The van der Waals surface area contributed by atoms with Crippen LogP contribution in [0, 0.1) is 0 Å². The third-order valence-corrected chi connectivity index (χ3v) is 3.87. The molecule has 0 aliphatic carbocycles. The zero-order valence-corrected chi connectivity index (χ0v) is 13.9. The van der Waals surface area contributed by atoms with Crippen LogP contribution in [0.25, 0.3) is 22.1 Å². The van der Waals surface area contributed by atoms with Gasteiger partial charge in [-0.15, -0.1) is 0 Å². The van der Waals surface area contributed by atoms with E-state index in [2.05, 4.69) is 24.9 Å². The zero-order valence-electron chi connectivity index (χ0n) is 13.9. The normalized spacial score (nSPS) is 11.6. The van der Waals surface area contributed by atoms with Crippen molar-refractivity contribution in [3.8, 4) is 5.88 Å². The number of benzene rings is 1. The molecular formula is C18H15N5O3. The Labute approximate surface area is 147 Å². The SMILES string of the molecule is CCOC(=O)c1cnc2[nH]c(O)c(C=Nc3nc4ccccc4[nH]3)c2c1. The lowest BCUT2D eigenvalue weighted by atomic mass is 10.2. The fourth-order valence-electron chi connectivity index (χ4n) is 2.66. The van der Waals surface area contributed by atoms with Crippen molar-refractivity contribution in [2.75, 3.05) is 6.61 Å². The molecule has 0 amide bonds. The molecule has 0 saturated carbocycles. The number of pyridine rings is 1. The number of carbonyl (C=O) groups excluding carboxylic acids is 1. The van der Waals surface area contributed by atoms with Crippen LogP contribution >= 0.6 is 0 Å². The maximum Gasteiger partial charge on any atom is 0.339 e. The monoisotopic (exact) mass is 349 g/mol. The van der Waals surface area contributed by atoms with Gasteiger partial charge in [0.1, 0.15) is 5.65 Å². The van der Waals surface area contributed by atoms with Crippen molar-refractivity contribution < 1.29 is 14.6 Å². The summed E-state index contributed by atoms with van der Waals surface area (Å²) in [5.74, 6) is -0.148. The predicted molar refractivity (Wildman–Crippen MR) is 97.1 cm³/mol. The Morgan fingerprint density at radius 3 is 3.00 bits per heavy atom. The van der Waals surface area contributed by atoms with Crippen LogP contribution in [0.2, 0.25) is 0 Å². The zero-order chi connectivity index (χ0) is 18.1. The fourth-order valence-corrected chi connectivity index (χ4v) is 2.66. The number of hydrogen-bond acceptors (Lipinski definition) is 6. The number of aromatic nitrogens is 4. The Morgan fingerprint density at radius 2 is 2.19 bits per heavy atom. The minimum Gasteiger partial charge on any atom is -0.494 e. The van der Waals surface area contributed by atoms with Gasteiger partial charge >= 0.3 is 5.97 Å². The van der Waals surface area contributed by atoms with E-state index in [1.54, 1.807) is 13.0 Å². The van der Waals surface area contributed by atoms with Crippen molar-refractivity contribution in [1.29, 1.82) is 0 Å². The van der Waals surface area contributed by atoms with Gasteiger partial charge in [0.05, 0.1) is 28.8 Å². The van der Waals surface area contributed by atoms with Crippen molar-refractivity contribution in [3.05, 3.63) is 47.7 Å². The number of esters is 1. The molecule has 26 heavy (non-hydrogen) atoms. The van der Waals surface area contributed by atoms with Gasteiger partial charge in [-0.25, -0.2) is 19.8 Å². The van der Waals surface area contributed by atoms with E-state index in [-0.39, 0.29) is 12.5 Å². The largest absolute Gasteiger partial charge is 0.494 e. The number of fused-ring (bicyclic) bond motifs is 2. The second-order valence-corrected chi connectivity index (χ2v) is 5.56. The molecule has 0 unspecified atom stereocenters. The summed E-state index contributed by atoms with van der Waals surface area (Å²) in [7, 11) is 0. The first kappa shape index (κ1) is 15.8. The number of aromatic amines is 2. The molecule has 0 aliphatic rings. The van der Waals surface area contributed by atoms with E-state index in [1.165, 1.54) is 12.4 Å². The first-order valence-corrected chi connectivity index (χ1v) is 8.02. The van der Waals surface area contributed by atoms with Crippen LogP contribution in [0.5, 0.6) is 5.88 Å². The third-order valence-electron chi connectivity index (χ3n) is 3.87. The average Bonchev–Trinajstić information content (AvgIpc) is 3.19. The standard InChI is InChI=1S/C18H15N5O3/c1-2-26-17(25)10-7-11-12(16(24)23-15(11)19-8-10)9-20-18-21-13-5-3-4-6-14(13)22-18/h3-9,24H,2H2,1H3,(H,19,23)(H,21,22). The minimum atomic E-state index is -0.470. The molecule has 0 radical (unpaired) electrons. The average molecular weight is 349 g/mol. The van der Waals surface area contributed by atoms with Gasteiger partial charge in [0.15, 0.2) is 5.88 Å². The molecule has 130 valence electrons. The highest BCUT2D eigenvalue weighted by Crippen LogP contribution is 2.26. The van der Waals surface area contributed by atoms with Crippen LogP contribution in [0.3, 0.4) is 0 Å². The summed E-state index contributed by atoms with van der Waals surface area (Å²) in [5.41, 5.74) is 2.83. The molecule has 3 N–H and O–H groups in total. The van der Waals surface area contributed by atoms with E-state index >= 15 is 0 Å². The number of aromatic hydroxyl groups is 1. The maximum absolute atomic E-state index is 11.9. The topological polar surface area (TPSA) is 116 Å². The fraction of sp³-hybridized carbons (Fsp3) is 0.111. The Balaban J connectivity index is 1.73. The molecule has 0 bridgehead atoms. The molecule has 3 heterocycles. The van der Waals surface area contributed by atoms with Crippen molar-refractivity contribution >= 4 is 40.2 Å². The van der Waals surface area contributed by atoms with Crippen LogP contribution in [0.1, 0.15) is 22.8 Å². The number of nitrogens with zero attached hydrogens (tertiary/aromatic N) is 3. The van der Waals surface area contributed by atoms with Gasteiger partial charge in [0, 0.05) is 17.8 Å². The van der Waals surface area contributed by atoms with E-state index in [0.29, 0.717) is 28.1 Å². The van der Waals surface area contributed by atoms with Crippen LogP contribution in [-0.2, 0) is 4.74 Å². The molecule has 4 rings (SSSR count). The molecule has 3 aromatic heterocycles. The van der Waals surface area contributed by atoms with Crippen LogP contribution in [0.4, 0.5) is 5.95 Å². The third kappa shape index (κ3) is 2.77. The molecule has 4 aromatic rings. The minimum absolute atomic E-state index is 0.0895. The first-order valence-electron chi connectivity index (χ1n) is 8.02. The molecule has 0 saturated heterocycles. The Hall–Kier alpha value is -3.68. The number of imidazole rings is 1.